The summed E-state index contributed by atoms with van der Waals surface area (Å²) in [6.07, 6.45) is 0. The van der Waals surface area contributed by atoms with E-state index in [1.165, 1.54) is 21.7 Å². The topological polar surface area (TPSA) is 23.6 Å². The van der Waals surface area contributed by atoms with E-state index in [0.717, 1.165) is 11.1 Å². The van der Waals surface area contributed by atoms with Crippen LogP contribution in [0.5, 0.6) is 0 Å². The zero-order chi connectivity index (χ0) is 20.1. The molecule has 0 aliphatic carbocycles. The fourth-order valence-electron chi connectivity index (χ4n) is 4.90. The van der Waals surface area contributed by atoms with Crippen molar-refractivity contribution in [1.29, 1.82) is 0 Å². The van der Waals surface area contributed by atoms with Gasteiger partial charge in [0.2, 0.25) is 0 Å². The van der Waals surface area contributed by atoms with Gasteiger partial charge in [-0.15, -0.1) is 0 Å². The van der Waals surface area contributed by atoms with Crippen LogP contribution in [-0.2, 0) is 0 Å². The van der Waals surface area contributed by atoms with E-state index in [9.17, 15) is 4.79 Å². The van der Waals surface area contributed by atoms with Crippen LogP contribution in [0.1, 0.15) is 43.6 Å². The monoisotopic (exact) mass is 380 g/mol. The molecule has 0 fully saturated rings. The number of rotatable bonds is 4. The molecular weight excluding hydrogens is 348 g/mol. The zero-order valence-corrected chi connectivity index (χ0v) is 18.9. The van der Waals surface area contributed by atoms with Crippen molar-refractivity contribution in [2.75, 3.05) is 38.0 Å². The minimum Gasteiger partial charge on any atom is -0.378 e. The van der Waals surface area contributed by atoms with Gasteiger partial charge < -0.3 is 9.80 Å². The Morgan fingerprint density at radius 1 is 0.704 bits per heavy atom. The first-order valence-corrected chi connectivity index (χ1v) is 12.0. The Balaban J connectivity index is 2.43. The summed E-state index contributed by atoms with van der Waals surface area (Å²) in [6, 6.07) is 12.9. The van der Waals surface area contributed by atoms with Crippen molar-refractivity contribution in [3.05, 3.63) is 47.5 Å². The minimum absolute atomic E-state index is 0.181. The number of nitrogens with zero attached hydrogens (tertiary/aromatic N) is 2. The summed E-state index contributed by atoms with van der Waals surface area (Å²) in [5.41, 5.74) is 5.18. The molecule has 0 N–H and O–H groups in total. The van der Waals surface area contributed by atoms with Crippen LogP contribution in [0, 0.1) is 0 Å². The SMILES string of the molecule is CC(C)[Si]1(C(C)C)c2cc(N(C)C)ccc2C(=O)c2ccc(N(C)C)cc21. The van der Waals surface area contributed by atoms with Gasteiger partial charge in [0.05, 0.1) is 0 Å². The highest BCUT2D eigenvalue weighted by Gasteiger charge is 2.50. The van der Waals surface area contributed by atoms with Crippen LogP contribution < -0.4 is 20.2 Å². The molecule has 144 valence electrons. The molecule has 2 aromatic rings. The Morgan fingerprint density at radius 2 is 1.07 bits per heavy atom. The van der Waals surface area contributed by atoms with Crippen LogP contribution in [0.25, 0.3) is 0 Å². The zero-order valence-electron chi connectivity index (χ0n) is 17.9. The van der Waals surface area contributed by atoms with Gasteiger partial charge in [0.25, 0.3) is 0 Å². The number of hydrogen-bond donors (Lipinski definition) is 0. The molecule has 4 heteroatoms. The fourth-order valence-corrected chi connectivity index (χ4v) is 11.1. The summed E-state index contributed by atoms with van der Waals surface area (Å²) in [4.78, 5) is 17.7. The van der Waals surface area contributed by atoms with E-state index in [1.807, 2.05) is 0 Å². The highest BCUT2D eigenvalue weighted by molar-refractivity contribution is 7.06. The van der Waals surface area contributed by atoms with Crippen LogP contribution in [-0.4, -0.2) is 42.0 Å². The Morgan fingerprint density at radius 3 is 1.37 bits per heavy atom. The summed E-state index contributed by atoms with van der Waals surface area (Å²) in [7, 11) is 6.12. The largest absolute Gasteiger partial charge is 0.378 e. The van der Waals surface area contributed by atoms with E-state index in [4.69, 9.17) is 0 Å². The van der Waals surface area contributed by atoms with E-state index in [0.29, 0.717) is 11.1 Å². The minimum atomic E-state index is -2.15. The van der Waals surface area contributed by atoms with Crippen LogP contribution >= 0.6 is 0 Å². The Bertz CT molecular complexity index is 812. The molecule has 3 rings (SSSR count). The smallest absolute Gasteiger partial charge is 0.192 e. The number of benzene rings is 2. The summed E-state index contributed by atoms with van der Waals surface area (Å²) in [5.74, 6) is 0.181. The summed E-state index contributed by atoms with van der Waals surface area (Å²) in [5, 5.41) is 2.62. The first kappa shape index (κ1) is 19.7. The maximum atomic E-state index is 13.4. The number of carbonyl (C=O) groups excluding carboxylic acids is 1. The number of fused-ring (bicyclic) bond motifs is 2. The van der Waals surface area contributed by atoms with Crippen molar-refractivity contribution in [2.45, 2.75) is 38.8 Å². The van der Waals surface area contributed by atoms with E-state index in [-0.39, 0.29) is 5.78 Å². The normalized spacial score (nSPS) is 15.0. The first-order valence-electron chi connectivity index (χ1n) is 9.80. The lowest BCUT2D eigenvalue weighted by molar-refractivity contribution is 0.104. The van der Waals surface area contributed by atoms with Crippen molar-refractivity contribution in [3.63, 3.8) is 0 Å². The van der Waals surface area contributed by atoms with Crippen LogP contribution in [0.3, 0.4) is 0 Å². The molecule has 1 aliphatic heterocycles. The molecule has 0 bridgehead atoms. The highest BCUT2D eigenvalue weighted by atomic mass is 28.3. The molecule has 1 heterocycles. The lowest BCUT2D eigenvalue weighted by Crippen LogP contribution is -2.67. The Kier molecular flexibility index (Phi) is 4.98. The molecule has 3 nitrogen and oxygen atoms in total. The molecule has 0 amide bonds. The molecule has 0 radical (unpaired) electrons. The van der Waals surface area contributed by atoms with Gasteiger partial charge in [-0.2, -0.15) is 0 Å². The molecule has 2 aromatic carbocycles. The predicted octanol–water partition coefficient (Wildman–Crippen LogP) is 3.75. The van der Waals surface area contributed by atoms with Crippen LogP contribution in [0.4, 0.5) is 11.4 Å². The standard InChI is InChI=1S/C23H32N2OSi/c1-15(2)27(16(3)4)21-13-17(24(5)6)9-11-19(21)23(26)20-12-10-18(25(7)8)14-22(20)27/h9-16H,1-8H3. The van der Waals surface area contributed by atoms with Crippen molar-refractivity contribution >= 4 is 35.6 Å². The van der Waals surface area contributed by atoms with Gasteiger partial charge in [-0.3, -0.25) is 4.79 Å². The Labute approximate surface area is 165 Å². The molecule has 0 unspecified atom stereocenters. The van der Waals surface area contributed by atoms with E-state index >= 15 is 0 Å². The molecule has 0 saturated carbocycles. The third kappa shape index (κ3) is 2.81. The molecule has 0 atom stereocenters. The number of anilines is 2. The first-order chi connectivity index (χ1) is 12.6. The van der Waals surface area contributed by atoms with Crippen LogP contribution in [0.15, 0.2) is 36.4 Å². The second-order valence-electron chi connectivity index (χ2n) is 8.76. The number of hydrogen-bond acceptors (Lipinski definition) is 3. The molecule has 0 saturated heterocycles. The average Bonchev–Trinajstić information content (AvgIpc) is 2.60. The van der Waals surface area contributed by atoms with Crippen molar-refractivity contribution in [3.8, 4) is 0 Å². The quantitative estimate of drug-likeness (QED) is 0.755. The van der Waals surface area contributed by atoms with Crippen LogP contribution in [0.2, 0.25) is 11.1 Å². The highest BCUT2D eigenvalue weighted by Crippen LogP contribution is 2.38. The number of ketones is 1. The van der Waals surface area contributed by atoms with Crippen molar-refractivity contribution in [2.24, 2.45) is 0 Å². The maximum absolute atomic E-state index is 13.4. The second-order valence-corrected chi connectivity index (χ2v) is 13.9. The predicted molar refractivity (Wildman–Crippen MR) is 120 cm³/mol. The summed E-state index contributed by atoms with van der Waals surface area (Å²) >= 11 is 0. The van der Waals surface area contributed by atoms with Crippen molar-refractivity contribution in [1.82, 2.24) is 0 Å². The Hall–Kier alpha value is -2.07. The lowest BCUT2D eigenvalue weighted by atomic mass is 10.0. The van der Waals surface area contributed by atoms with Gasteiger partial charge in [-0.05, 0) is 57.9 Å². The van der Waals surface area contributed by atoms with Gasteiger partial charge in [0.1, 0.15) is 8.07 Å². The molecular formula is C23H32N2OSi. The summed E-state index contributed by atoms with van der Waals surface area (Å²) in [6.45, 7) is 9.39. The van der Waals surface area contributed by atoms with Crippen molar-refractivity contribution < 1.29 is 4.79 Å². The molecule has 1 aliphatic rings. The van der Waals surface area contributed by atoms with Gasteiger partial charge >= 0.3 is 0 Å². The second kappa shape index (κ2) is 6.83. The van der Waals surface area contributed by atoms with E-state index in [1.54, 1.807) is 0 Å². The molecule has 0 aromatic heterocycles. The molecule has 27 heavy (non-hydrogen) atoms. The third-order valence-electron chi connectivity index (χ3n) is 6.24. The number of carbonyl (C=O) groups is 1. The fraction of sp³-hybridized carbons (Fsp3) is 0.435. The van der Waals surface area contributed by atoms with Gasteiger partial charge in [0, 0.05) is 50.7 Å². The van der Waals surface area contributed by atoms with Gasteiger partial charge in [-0.1, -0.05) is 27.7 Å². The van der Waals surface area contributed by atoms with E-state index < -0.39 is 8.07 Å². The molecule has 0 spiro atoms. The van der Waals surface area contributed by atoms with Gasteiger partial charge in [-0.25, -0.2) is 0 Å². The maximum Gasteiger partial charge on any atom is 0.192 e. The third-order valence-corrected chi connectivity index (χ3v) is 12.5. The summed E-state index contributed by atoms with van der Waals surface area (Å²) < 4.78 is 0. The lowest BCUT2D eigenvalue weighted by Gasteiger charge is -2.45. The average molecular weight is 381 g/mol. The van der Waals surface area contributed by atoms with Gasteiger partial charge in [0.15, 0.2) is 5.78 Å². The van der Waals surface area contributed by atoms with E-state index in [2.05, 4.69) is 102 Å².